The number of fused-ring (bicyclic) bond motifs is 2. The molecule has 270 valence electrons. The quantitative estimate of drug-likeness (QED) is 0.184. The molecule has 2 aliphatic heterocycles. The van der Waals surface area contributed by atoms with E-state index in [1.807, 2.05) is 18.2 Å². The summed E-state index contributed by atoms with van der Waals surface area (Å²) in [5, 5.41) is 11.2. The summed E-state index contributed by atoms with van der Waals surface area (Å²) in [5.41, 5.74) is 7.35. The highest BCUT2D eigenvalue weighted by Gasteiger charge is 2.31. The second kappa shape index (κ2) is 14.6. The number of hydrogen-bond acceptors (Lipinski definition) is 6. The zero-order valence-electron chi connectivity index (χ0n) is 30.1. The number of rotatable bonds is 10. The summed E-state index contributed by atoms with van der Waals surface area (Å²) in [6.45, 7) is 10.2. The number of piperazine rings is 1. The third-order valence-electron chi connectivity index (χ3n) is 11.5. The van der Waals surface area contributed by atoms with Crippen LogP contribution in [0.5, 0.6) is 0 Å². The number of H-pyrrole nitrogens is 2. The van der Waals surface area contributed by atoms with Gasteiger partial charge in [0.15, 0.2) is 0 Å². The molecular formula is C40H50FN7O3. The number of hydrogen-bond donors (Lipinski definition) is 3. The second-order valence-corrected chi connectivity index (χ2v) is 15.5. The van der Waals surface area contributed by atoms with Gasteiger partial charge in [0.1, 0.15) is 17.8 Å². The lowest BCUT2D eigenvalue weighted by atomic mass is 9.76. The van der Waals surface area contributed by atoms with Gasteiger partial charge in [-0.1, -0.05) is 26.0 Å². The largest absolute Gasteiger partial charge is 0.372 e. The first-order valence-corrected chi connectivity index (χ1v) is 18.5. The third-order valence-corrected chi connectivity index (χ3v) is 11.5. The van der Waals surface area contributed by atoms with Gasteiger partial charge in [-0.3, -0.25) is 19.6 Å². The molecule has 0 radical (unpaired) electrons. The molecule has 2 saturated heterocycles. The predicted molar refractivity (Wildman–Crippen MR) is 197 cm³/mol. The van der Waals surface area contributed by atoms with E-state index in [1.165, 1.54) is 17.3 Å². The Hall–Kier alpha value is -4.51. The lowest BCUT2D eigenvalue weighted by molar-refractivity contribution is -0.120. The van der Waals surface area contributed by atoms with E-state index in [0.29, 0.717) is 31.8 Å². The summed E-state index contributed by atoms with van der Waals surface area (Å²) in [6, 6.07) is 13.3. The van der Waals surface area contributed by atoms with E-state index >= 15 is 4.39 Å². The monoisotopic (exact) mass is 695 g/mol. The Kier molecular flexibility index (Phi) is 10.0. The third kappa shape index (κ3) is 7.59. The molecule has 4 aromatic rings. The first kappa shape index (κ1) is 34.9. The molecule has 1 atom stereocenters. The van der Waals surface area contributed by atoms with Crippen LogP contribution >= 0.6 is 0 Å². The van der Waals surface area contributed by atoms with Crippen molar-refractivity contribution in [1.82, 2.24) is 30.3 Å². The first-order chi connectivity index (χ1) is 24.6. The van der Waals surface area contributed by atoms with Crippen LogP contribution in [0.25, 0.3) is 22.3 Å². The number of anilines is 1. The normalized spacial score (nSPS) is 18.8. The number of aldehydes is 1. The summed E-state index contributed by atoms with van der Waals surface area (Å²) < 4.78 is 15.4. The van der Waals surface area contributed by atoms with E-state index in [-0.39, 0.29) is 28.7 Å². The van der Waals surface area contributed by atoms with E-state index in [4.69, 9.17) is 0 Å². The van der Waals surface area contributed by atoms with Gasteiger partial charge in [-0.05, 0) is 85.8 Å². The van der Waals surface area contributed by atoms with Gasteiger partial charge in [-0.15, -0.1) is 0 Å². The van der Waals surface area contributed by atoms with Crippen molar-refractivity contribution in [3.63, 3.8) is 0 Å². The number of nitrogens with one attached hydrogen (secondary N) is 3. The first-order valence-electron chi connectivity index (χ1n) is 18.5. The maximum absolute atomic E-state index is 15.4. The van der Waals surface area contributed by atoms with Crippen LogP contribution < -0.4 is 10.2 Å². The van der Waals surface area contributed by atoms with Crippen LogP contribution in [0.3, 0.4) is 0 Å². The number of halogens is 1. The Morgan fingerprint density at radius 1 is 1.06 bits per heavy atom. The second-order valence-electron chi connectivity index (χ2n) is 15.5. The van der Waals surface area contributed by atoms with Gasteiger partial charge in [0, 0.05) is 93.0 Å². The van der Waals surface area contributed by atoms with E-state index in [1.54, 1.807) is 18.0 Å². The van der Waals surface area contributed by atoms with Crippen LogP contribution in [-0.4, -0.2) is 95.9 Å². The molecule has 2 aromatic heterocycles. The molecule has 2 aromatic carbocycles. The molecule has 10 nitrogen and oxygen atoms in total. The van der Waals surface area contributed by atoms with Gasteiger partial charge in [0.25, 0.3) is 5.91 Å². The van der Waals surface area contributed by atoms with E-state index in [2.05, 4.69) is 56.3 Å². The molecule has 3 N–H and O–H groups in total. The van der Waals surface area contributed by atoms with Gasteiger partial charge in [0.2, 0.25) is 5.91 Å². The summed E-state index contributed by atoms with van der Waals surface area (Å²) in [6.07, 6.45) is 6.96. The maximum atomic E-state index is 15.4. The minimum absolute atomic E-state index is 0.0554. The molecule has 51 heavy (non-hydrogen) atoms. The number of carbonyl (C=O) groups is 3. The lowest BCUT2D eigenvalue weighted by Gasteiger charge is -2.39. The molecule has 0 bridgehead atoms. The van der Waals surface area contributed by atoms with Gasteiger partial charge in [0.05, 0.1) is 11.3 Å². The summed E-state index contributed by atoms with van der Waals surface area (Å²) in [7, 11) is 1.61. The van der Waals surface area contributed by atoms with E-state index < -0.39 is 5.82 Å². The number of amides is 2. The fourth-order valence-electron chi connectivity index (χ4n) is 8.21. The number of piperidine rings is 1. The zero-order valence-corrected chi connectivity index (χ0v) is 30.1. The molecule has 0 saturated carbocycles. The standard InChI is InChI=1S/C40H50FN7O3/c1-40(2)13-10-31-36(23-40)44-45-38(31)35-21-29-20-33(41)32(22-34(29)43-35)39(51)48-18-16-46(17-19-48)24-26-11-14-47(15-12-26)30-7-4-27(5-8-30)28(25-49)6-9-37(50)42-3/h4-5,7-8,20-22,25-26,28,43H,6,9-19,23-24H2,1-3H3,(H,42,50)(H,44,45). The topological polar surface area (TPSA) is 117 Å². The molecule has 0 spiro atoms. The number of aromatic amines is 2. The molecule has 3 aliphatic rings. The average molecular weight is 696 g/mol. The van der Waals surface area contributed by atoms with E-state index in [9.17, 15) is 14.4 Å². The number of carbonyl (C=O) groups excluding carboxylic acids is 3. The Labute approximate surface area is 299 Å². The minimum Gasteiger partial charge on any atom is -0.372 e. The Balaban J connectivity index is 0.899. The molecule has 1 aliphatic carbocycles. The van der Waals surface area contributed by atoms with Crippen LogP contribution in [0.15, 0.2) is 42.5 Å². The number of benzene rings is 2. The van der Waals surface area contributed by atoms with Crippen LogP contribution in [0, 0.1) is 17.2 Å². The van der Waals surface area contributed by atoms with Gasteiger partial charge < -0.3 is 24.9 Å². The minimum atomic E-state index is -0.489. The fourth-order valence-corrected chi connectivity index (χ4v) is 8.21. The van der Waals surface area contributed by atoms with Gasteiger partial charge >= 0.3 is 0 Å². The van der Waals surface area contributed by atoms with Crippen LogP contribution in [0.2, 0.25) is 0 Å². The fraction of sp³-hybridized carbons (Fsp3) is 0.500. The molecule has 1 unspecified atom stereocenters. The Bertz CT molecular complexity index is 1880. The van der Waals surface area contributed by atoms with Crippen molar-refractivity contribution < 1.29 is 18.8 Å². The van der Waals surface area contributed by atoms with Crippen molar-refractivity contribution >= 4 is 34.7 Å². The maximum Gasteiger partial charge on any atom is 0.256 e. The van der Waals surface area contributed by atoms with Crippen molar-refractivity contribution in [3.8, 4) is 11.4 Å². The molecule has 2 amide bonds. The molecule has 11 heteroatoms. The molecule has 2 fully saturated rings. The summed E-state index contributed by atoms with van der Waals surface area (Å²) in [5.74, 6) is -0.494. The number of nitrogens with zero attached hydrogens (tertiary/aromatic N) is 4. The van der Waals surface area contributed by atoms with Crippen molar-refractivity contribution in [2.24, 2.45) is 11.3 Å². The smallest absolute Gasteiger partial charge is 0.256 e. The number of aromatic nitrogens is 3. The SMILES string of the molecule is CNC(=O)CCC(C=O)c1ccc(N2CCC(CN3CCN(C(=O)c4cc5[nH]c(-c6n[nH]c7c6CCC(C)(C)C7)cc5cc4F)CC3)CC2)cc1. The molecular weight excluding hydrogens is 645 g/mol. The van der Waals surface area contributed by atoms with Crippen molar-refractivity contribution in [2.75, 3.05) is 57.8 Å². The molecule has 7 rings (SSSR count). The predicted octanol–water partition coefficient (Wildman–Crippen LogP) is 5.70. The Morgan fingerprint density at radius 2 is 1.80 bits per heavy atom. The zero-order chi connectivity index (χ0) is 35.7. The van der Waals surface area contributed by atoms with Crippen molar-refractivity contribution in [2.45, 2.75) is 64.7 Å². The highest BCUT2D eigenvalue weighted by Crippen LogP contribution is 2.38. The van der Waals surface area contributed by atoms with E-state index in [0.717, 1.165) is 105 Å². The molecule has 4 heterocycles. The van der Waals surface area contributed by atoms with Crippen LogP contribution in [0.4, 0.5) is 10.1 Å². The summed E-state index contributed by atoms with van der Waals surface area (Å²) >= 11 is 0. The average Bonchev–Trinajstić information content (AvgIpc) is 3.74. The van der Waals surface area contributed by atoms with Gasteiger partial charge in [-0.2, -0.15) is 5.10 Å². The van der Waals surface area contributed by atoms with Crippen LogP contribution in [-0.2, 0) is 22.4 Å². The van der Waals surface area contributed by atoms with Crippen molar-refractivity contribution in [3.05, 3.63) is 70.7 Å². The van der Waals surface area contributed by atoms with Gasteiger partial charge in [-0.25, -0.2) is 4.39 Å². The lowest BCUT2D eigenvalue weighted by Crippen LogP contribution is -2.50. The van der Waals surface area contributed by atoms with Crippen molar-refractivity contribution in [1.29, 1.82) is 0 Å². The van der Waals surface area contributed by atoms with Crippen LogP contribution in [0.1, 0.15) is 79.0 Å². The highest BCUT2D eigenvalue weighted by atomic mass is 19.1. The highest BCUT2D eigenvalue weighted by molar-refractivity contribution is 5.99. The Morgan fingerprint density at radius 3 is 2.51 bits per heavy atom. The summed E-state index contributed by atoms with van der Waals surface area (Å²) in [4.78, 5) is 46.9.